The first-order valence-corrected chi connectivity index (χ1v) is 8.46. The van der Waals surface area contributed by atoms with Gasteiger partial charge in [0.2, 0.25) is 5.88 Å². The lowest BCUT2D eigenvalue weighted by atomic mass is 10.0. The number of benzene rings is 1. The van der Waals surface area contributed by atoms with Gasteiger partial charge in [-0.15, -0.1) is 0 Å². The van der Waals surface area contributed by atoms with E-state index in [-0.39, 0.29) is 5.56 Å². The third kappa shape index (κ3) is 4.04. The molecule has 140 valence electrons. The molecule has 0 spiro atoms. The smallest absolute Gasteiger partial charge is 0.333 e. The van der Waals surface area contributed by atoms with E-state index in [9.17, 15) is 14.7 Å². The van der Waals surface area contributed by atoms with Gasteiger partial charge < -0.3 is 9.84 Å². The Morgan fingerprint density at radius 2 is 1.92 bits per heavy atom. The van der Waals surface area contributed by atoms with Gasteiger partial charge in [0.25, 0.3) is 5.56 Å². The standard InChI is InChI=1S/C19H25N3O4/c1-12(2)14-7-6-13(3)10-16(14)26-9-8-20-11-15-17(23)21(4)19(25)22(5)18(15)24/h6-7,10-12,23H,8-9H2,1-5H3. The SMILES string of the molecule is Cc1ccc(C(C)C)c(OCCN=Cc2c(O)n(C)c(=O)n(C)c2=O)c1. The minimum absolute atomic E-state index is 0.0203. The van der Waals surface area contributed by atoms with Crippen LogP contribution in [0.1, 0.15) is 36.5 Å². The first-order valence-electron chi connectivity index (χ1n) is 8.46. The van der Waals surface area contributed by atoms with Gasteiger partial charge in [-0.2, -0.15) is 0 Å². The average Bonchev–Trinajstić information content (AvgIpc) is 2.60. The molecule has 7 nitrogen and oxygen atoms in total. The molecule has 2 rings (SSSR count). The number of ether oxygens (including phenoxy) is 1. The maximum absolute atomic E-state index is 12.1. The van der Waals surface area contributed by atoms with Gasteiger partial charge >= 0.3 is 5.69 Å². The van der Waals surface area contributed by atoms with Gasteiger partial charge in [-0.25, -0.2) is 4.79 Å². The average molecular weight is 359 g/mol. The largest absolute Gasteiger partial charge is 0.494 e. The topological polar surface area (TPSA) is 85.8 Å². The summed E-state index contributed by atoms with van der Waals surface area (Å²) in [5.74, 6) is 0.777. The zero-order valence-electron chi connectivity index (χ0n) is 15.8. The third-order valence-electron chi connectivity index (χ3n) is 4.16. The summed E-state index contributed by atoms with van der Waals surface area (Å²) in [5.41, 5.74) is 1.05. The van der Waals surface area contributed by atoms with Gasteiger partial charge in [0.05, 0.1) is 6.54 Å². The van der Waals surface area contributed by atoms with Crippen molar-refractivity contribution in [1.82, 2.24) is 9.13 Å². The molecule has 0 radical (unpaired) electrons. The molecule has 1 heterocycles. The molecule has 0 fully saturated rings. The lowest BCUT2D eigenvalue weighted by Gasteiger charge is -2.14. The second-order valence-electron chi connectivity index (χ2n) is 6.52. The first kappa shape index (κ1) is 19.5. The zero-order chi connectivity index (χ0) is 19.4. The van der Waals surface area contributed by atoms with Crippen molar-refractivity contribution < 1.29 is 9.84 Å². The van der Waals surface area contributed by atoms with Gasteiger partial charge in [-0.05, 0) is 30.0 Å². The molecule has 1 aromatic carbocycles. The van der Waals surface area contributed by atoms with Crippen LogP contribution in [0.4, 0.5) is 0 Å². The summed E-state index contributed by atoms with van der Waals surface area (Å²) in [6, 6.07) is 6.11. The van der Waals surface area contributed by atoms with Gasteiger partial charge in [0.15, 0.2) is 0 Å². The van der Waals surface area contributed by atoms with Crippen molar-refractivity contribution in [2.45, 2.75) is 26.7 Å². The van der Waals surface area contributed by atoms with Crippen LogP contribution in [0, 0.1) is 6.92 Å². The van der Waals surface area contributed by atoms with Crippen LogP contribution in [0.15, 0.2) is 32.8 Å². The molecule has 1 aromatic heterocycles. The monoisotopic (exact) mass is 359 g/mol. The summed E-state index contributed by atoms with van der Waals surface area (Å²) >= 11 is 0. The van der Waals surface area contributed by atoms with Crippen molar-refractivity contribution in [3.63, 3.8) is 0 Å². The van der Waals surface area contributed by atoms with Crippen LogP contribution in [0.2, 0.25) is 0 Å². The van der Waals surface area contributed by atoms with Crippen LogP contribution in [0.5, 0.6) is 11.6 Å². The highest BCUT2D eigenvalue weighted by Gasteiger charge is 2.12. The van der Waals surface area contributed by atoms with Crippen LogP contribution in [-0.4, -0.2) is 33.6 Å². The number of aromatic nitrogens is 2. The molecule has 0 amide bonds. The van der Waals surface area contributed by atoms with Gasteiger partial charge in [-0.3, -0.25) is 18.9 Å². The maximum Gasteiger partial charge on any atom is 0.333 e. The third-order valence-corrected chi connectivity index (χ3v) is 4.16. The summed E-state index contributed by atoms with van der Waals surface area (Å²) in [5, 5.41) is 9.97. The molecule has 1 N–H and O–H groups in total. The van der Waals surface area contributed by atoms with Crippen LogP contribution in [0.25, 0.3) is 0 Å². The number of nitrogens with zero attached hydrogens (tertiary/aromatic N) is 3. The number of hydrogen-bond acceptors (Lipinski definition) is 5. The summed E-state index contributed by atoms with van der Waals surface area (Å²) in [4.78, 5) is 27.9. The summed E-state index contributed by atoms with van der Waals surface area (Å²) in [6.07, 6.45) is 1.28. The van der Waals surface area contributed by atoms with Crippen LogP contribution < -0.4 is 16.0 Å². The summed E-state index contributed by atoms with van der Waals surface area (Å²) < 4.78 is 7.76. The second kappa shape index (κ2) is 8.03. The van der Waals surface area contributed by atoms with E-state index in [1.54, 1.807) is 0 Å². The van der Waals surface area contributed by atoms with E-state index in [4.69, 9.17) is 4.74 Å². The molecule has 0 bridgehead atoms. The fourth-order valence-corrected chi connectivity index (χ4v) is 2.58. The number of aryl methyl sites for hydroxylation is 1. The predicted octanol–water partition coefficient (Wildman–Crippen LogP) is 1.72. The number of aromatic hydroxyl groups is 1. The molecule has 0 saturated carbocycles. The summed E-state index contributed by atoms with van der Waals surface area (Å²) in [7, 11) is 2.75. The van der Waals surface area contributed by atoms with E-state index in [1.165, 1.54) is 20.3 Å². The lowest BCUT2D eigenvalue weighted by molar-refractivity contribution is 0.324. The highest BCUT2D eigenvalue weighted by Crippen LogP contribution is 2.27. The Morgan fingerprint density at radius 1 is 1.23 bits per heavy atom. The van der Waals surface area contributed by atoms with Gasteiger partial charge in [0.1, 0.15) is 17.9 Å². The molecule has 0 atom stereocenters. The minimum Gasteiger partial charge on any atom is -0.494 e. The molecule has 26 heavy (non-hydrogen) atoms. The molecule has 0 unspecified atom stereocenters. The molecule has 0 aliphatic rings. The van der Waals surface area contributed by atoms with Gasteiger partial charge in [-0.1, -0.05) is 26.0 Å². The molecule has 7 heteroatoms. The quantitative estimate of drug-likeness (QED) is 0.628. The van der Waals surface area contributed by atoms with E-state index in [0.717, 1.165) is 26.0 Å². The Hall–Kier alpha value is -2.83. The Kier molecular flexibility index (Phi) is 6.02. The number of rotatable bonds is 6. The van der Waals surface area contributed by atoms with E-state index < -0.39 is 17.1 Å². The maximum atomic E-state index is 12.1. The van der Waals surface area contributed by atoms with E-state index in [1.807, 2.05) is 13.0 Å². The van der Waals surface area contributed by atoms with Crippen molar-refractivity contribution in [2.75, 3.05) is 13.2 Å². The molecule has 0 aliphatic carbocycles. The molecule has 0 aliphatic heterocycles. The fraction of sp³-hybridized carbons (Fsp3) is 0.421. The highest BCUT2D eigenvalue weighted by molar-refractivity contribution is 5.81. The molecule has 0 saturated heterocycles. The van der Waals surface area contributed by atoms with E-state index in [2.05, 4.69) is 31.0 Å². The Bertz CT molecular complexity index is 939. The van der Waals surface area contributed by atoms with E-state index in [0.29, 0.717) is 19.1 Å². The highest BCUT2D eigenvalue weighted by atomic mass is 16.5. The molecule has 2 aromatic rings. The molecular weight excluding hydrogens is 334 g/mol. The zero-order valence-corrected chi connectivity index (χ0v) is 15.8. The fourth-order valence-electron chi connectivity index (χ4n) is 2.58. The van der Waals surface area contributed by atoms with Crippen molar-refractivity contribution in [3.8, 4) is 11.6 Å². The summed E-state index contributed by atoms with van der Waals surface area (Å²) in [6.45, 7) is 6.87. The predicted molar refractivity (Wildman–Crippen MR) is 102 cm³/mol. The normalized spacial score (nSPS) is 11.5. The lowest BCUT2D eigenvalue weighted by Crippen LogP contribution is -2.38. The van der Waals surface area contributed by atoms with Gasteiger partial charge in [0, 0.05) is 20.3 Å². The first-order chi connectivity index (χ1) is 12.2. The number of hydrogen-bond donors (Lipinski definition) is 1. The van der Waals surface area contributed by atoms with Crippen molar-refractivity contribution >= 4 is 6.21 Å². The van der Waals surface area contributed by atoms with Crippen LogP contribution in [-0.2, 0) is 14.1 Å². The Morgan fingerprint density at radius 3 is 2.58 bits per heavy atom. The van der Waals surface area contributed by atoms with Crippen molar-refractivity contribution in [1.29, 1.82) is 0 Å². The van der Waals surface area contributed by atoms with Crippen LogP contribution in [0.3, 0.4) is 0 Å². The van der Waals surface area contributed by atoms with Crippen LogP contribution >= 0.6 is 0 Å². The second-order valence-corrected chi connectivity index (χ2v) is 6.52. The van der Waals surface area contributed by atoms with Crippen molar-refractivity contribution in [3.05, 3.63) is 55.7 Å². The number of aliphatic imine (C=N–C) groups is 1. The Labute approximate surface area is 152 Å². The molecular formula is C19H25N3O4. The Balaban J connectivity index is 2.09. The van der Waals surface area contributed by atoms with Crippen molar-refractivity contribution in [2.24, 2.45) is 19.1 Å². The minimum atomic E-state index is -0.589. The van der Waals surface area contributed by atoms with E-state index >= 15 is 0 Å².